The Morgan fingerprint density at radius 1 is 0.884 bits per heavy atom. The second-order valence-electron chi connectivity index (χ2n) is 9.81. The molecule has 0 radical (unpaired) electrons. The first-order valence-electron chi connectivity index (χ1n) is 13.7. The first-order valence-corrected chi connectivity index (χ1v) is 13.7. The molecule has 0 aliphatic heterocycles. The summed E-state index contributed by atoms with van der Waals surface area (Å²) in [6.07, 6.45) is 3.08. The predicted molar refractivity (Wildman–Crippen MR) is 159 cm³/mol. The van der Waals surface area contributed by atoms with Crippen LogP contribution in [0.4, 0.5) is 14.5 Å². The highest BCUT2D eigenvalue weighted by atomic mass is 19.1. The Labute approximate surface area is 245 Å². The molecule has 0 fully saturated rings. The lowest BCUT2D eigenvalue weighted by atomic mass is 10.1. The van der Waals surface area contributed by atoms with Crippen molar-refractivity contribution in [2.24, 2.45) is 19.8 Å². The van der Waals surface area contributed by atoms with Crippen LogP contribution in [0.2, 0.25) is 0 Å². The monoisotopic (exact) mass is 590 g/mol. The Morgan fingerprint density at radius 3 is 2.02 bits per heavy atom. The number of rotatable bonds is 8. The number of carbonyl (C=O) groups is 2. The van der Waals surface area contributed by atoms with Crippen molar-refractivity contribution in [2.45, 2.75) is 39.5 Å². The highest BCUT2D eigenvalue weighted by Gasteiger charge is 2.22. The molecule has 3 heterocycles. The zero-order valence-corrected chi connectivity index (χ0v) is 24.2. The summed E-state index contributed by atoms with van der Waals surface area (Å²) in [6.45, 7) is 4.01. The van der Waals surface area contributed by atoms with E-state index in [1.807, 2.05) is 6.92 Å². The van der Waals surface area contributed by atoms with E-state index in [0.29, 0.717) is 40.2 Å². The van der Waals surface area contributed by atoms with Gasteiger partial charge in [0.25, 0.3) is 17.4 Å². The number of anilines is 1. The fraction of sp³-hybridized carbons (Fsp3) is 0.267. The van der Waals surface area contributed by atoms with E-state index in [1.165, 1.54) is 41.1 Å². The number of nitrogens with one attached hydrogen (secondary N) is 2. The summed E-state index contributed by atoms with van der Waals surface area (Å²) in [5.74, 6) is -1.45. The molecule has 4 N–H and O–H groups in total. The minimum atomic E-state index is -0.674. The SMILES string of the molecule is CCCc1nn(C)c(C(N)=O)c1NC(=O)c1ccc(F)cc1.CCCc1nn(C)c2c(=O)[nH]c(-c3ccc(F)cc3)nc12. The fourth-order valence-electron chi connectivity index (χ4n) is 4.59. The molecule has 0 saturated heterocycles. The van der Waals surface area contributed by atoms with Gasteiger partial charge in [0.15, 0.2) is 5.52 Å². The van der Waals surface area contributed by atoms with Crippen LogP contribution in [-0.2, 0) is 26.9 Å². The summed E-state index contributed by atoms with van der Waals surface area (Å²) in [5, 5.41) is 11.2. The van der Waals surface area contributed by atoms with E-state index in [4.69, 9.17) is 5.73 Å². The number of fused-ring (bicyclic) bond motifs is 1. The zero-order valence-electron chi connectivity index (χ0n) is 24.2. The number of hydrogen-bond donors (Lipinski definition) is 3. The number of amides is 2. The number of hydrogen-bond acceptors (Lipinski definition) is 6. The van der Waals surface area contributed by atoms with Crippen molar-refractivity contribution in [3.05, 3.63) is 93.2 Å². The van der Waals surface area contributed by atoms with E-state index in [-0.39, 0.29) is 22.6 Å². The van der Waals surface area contributed by atoms with Crippen LogP contribution in [0, 0.1) is 11.6 Å². The normalized spacial score (nSPS) is 10.8. The first-order chi connectivity index (χ1) is 20.5. The Kier molecular flexibility index (Phi) is 9.43. The van der Waals surface area contributed by atoms with E-state index in [1.54, 1.807) is 30.9 Å². The minimum Gasteiger partial charge on any atom is -0.364 e. The number of aryl methyl sites for hydroxylation is 4. The van der Waals surface area contributed by atoms with Crippen LogP contribution in [0.3, 0.4) is 0 Å². The first kappa shape index (κ1) is 30.8. The second-order valence-corrected chi connectivity index (χ2v) is 9.81. The van der Waals surface area contributed by atoms with Gasteiger partial charge in [-0.2, -0.15) is 10.2 Å². The van der Waals surface area contributed by atoms with Crippen molar-refractivity contribution in [3.8, 4) is 11.4 Å². The van der Waals surface area contributed by atoms with Gasteiger partial charge in [-0.1, -0.05) is 26.7 Å². The average molecular weight is 591 g/mol. The number of H-pyrrole nitrogens is 1. The molecule has 3 aromatic heterocycles. The van der Waals surface area contributed by atoms with Crippen molar-refractivity contribution < 1.29 is 18.4 Å². The average Bonchev–Trinajstić information content (AvgIpc) is 3.45. The number of aromatic nitrogens is 6. The van der Waals surface area contributed by atoms with Gasteiger partial charge in [0, 0.05) is 25.2 Å². The lowest BCUT2D eigenvalue weighted by Gasteiger charge is -2.07. The molecule has 0 aliphatic carbocycles. The quantitative estimate of drug-likeness (QED) is 0.245. The molecule has 0 spiro atoms. The number of halogens is 2. The molecule has 5 rings (SSSR count). The smallest absolute Gasteiger partial charge is 0.277 e. The number of aromatic amines is 1. The van der Waals surface area contributed by atoms with Gasteiger partial charge in [0.05, 0.1) is 17.1 Å². The number of nitrogens with zero attached hydrogens (tertiary/aromatic N) is 5. The van der Waals surface area contributed by atoms with Crippen LogP contribution < -0.4 is 16.6 Å². The third-order valence-electron chi connectivity index (χ3n) is 6.55. The van der Waals surface area contributed by atoms with Crippen LogP contribution in [0.5, 0.6) is 0 Å². The van der Waals surface area contributed by atoms with Crippen molar-refractivity contribution in [3.63, 3.8) is 0 Å². The molecule has 43 heavy (non-hydrogen) atoms. The molecule has 0 aliphatic rings. The van der Waals surface area contributed by atoms with Crippen LogP contribution in [0.1, 0.15) is 58.9 Å². The van der Waals surface area contributed by atoms with E-state index in [2.05, 4.69) is 32.4 Å². The molecular formula is C30H32F2N8O3. The van der Waals surface area contributed by atoms with Gasteiger partial charge in [0.1, 0.15) is 28.7 Å². The maximum atomic E-state index is 13.0. The third-order valence-corrected chi connectivity index (χ3v) is 6.55. The van der Waals surface area contributed by atoms with Crippen LogP contribution in [0.15, 0.2) is 53.3 Å². The van der Waals surface area contributed by atoms with Gasteiger partial charge in [-0.15, -0.1) is 0 Å². The Hall–Kier alpha value is -5.20. The molecule has 0 atom stereocenters. The molecule has 224 valence electrons. The van der Waals surface area contributed by atoms with Crippen LogP contribution in [0.25, 0.3) is 22.4 Å². The van der Waals surface area contributed by atoms with E-state index < -0.39 is 17.6 Å². The maximum Gasteiger partial charge on any atom is 0.277 e. The van der Waals surface area contributed by atoms with Crippen molar-refractivity contribution in [2.75, 3.05) is 5.32 Å². The minimum absolute atomic E-state index is 0.138. The van der Waals surface area contributed by atoms with Crippen molar-refractivity contribution in [1.29, 1.82) is 0 Å². The Bertz CT molecular complexity index is 1820. The summed E-state index contributed by atoms with van der Waals surface area (Å²) in [6, 6.07) is 11.0. The molecule has 2 aromatic carbocycles. The van der Waals surface area contributed by atoms with Gasteiger partial charge in [-0.25, -0.2) is 13.8 Å². The van der Waals surface area contributed by atoms with Crippen molar-refractivity contribution >= 4 is 28.5 Å². The number of carbonyl (C=O) groups excluding carboxylic acids is 2. The van der Waals surface area contributed by atoms with Gasteiger partial charge < -0.3 is 16.0 Å². The Morgan fingerprint density at radius 2 is 1.44 bits per heavy atom. The second kappa shape index (κ2) is 13.2. The van der Waals surface area contributed by atoms with Crippen LogP contribution >= 0.6 is 0 Å². The fourth-order valence-corrected chi connectivity index (χ4v) is 4.59. The highest BCUT2D eigenvalue weighted by molar-refractivity contribution is 6.08. The molecule has 11 nitrogen and oxygen atoms in total. The lowest BCUT2D eigenvalue weighted by Crippen LogP contribution is -2.20. The van der Waals surface area contributed by atoms with Gasteiger partial charge in [0.2, 0.25) is 0 Å². The summed E-state index contributed by atoms with van der Waals surface area (Å²) in [7, 11) is 3.32. The van der Waals surface area contributed by atoms with E-state index in [9.17, 15) is 23.2 Å². The summed E-state index contributed by atoms with van der Waals surface area (Å²) in [5.41, 5.74) is 8.99. The Balaban J connectivity index is 0.000000197. The van der Waals surface area contributed by atoms with E-state index >= 15 is 0 Å². The third kappa shape index (κ3) is 6.83. The molecule has 0 unspecified atom stereocenters. The lowest BCUT2D eigenvalue weighted by molar-refractivity contribution is 0.0992. The zero-order chi connectivity index (χ0) is 31.3. The standard InChI is InChI=1S/C15H17FN4O2.C15H15FN4O/c1-3-4-11-12(13(14(17)21)20(2)19-11)18-15(22)9-5-7-10(16)8-6-9;1-3-4-11-12-13(20(2)19-11)15(21)18-14(17-12)9-5-7-10(16)8-6-9/h5-8H,3-4H2,1-2H3,(H2,17,21)(H,18,22);5-8H,3-4H2,1-2H3,(H,17,18,21). The number of nitrogens with two attached hydrogens (primary N) is 1. The molecule has 2 amide bonds. The summed E-state index contributed by atoms with van der Waals surface area (Å²) >= 11 is 0. The van der Waals surface area contributed by atoms with Gasteiger partial charge in [-0.3, -0.25) is 23.7 Å². The topological polar surface area (TPSA) is 154 Å². The highest BCUT2D eigenvalue weighted by Crippen LogP contribution is 2.23. The molecule has 5 aromatic rings. The molecule has 13 heteroatoms. The summed E-state index contributed by atoms with van der Waals surface area (Å²) in [4.78, 5) is 43.3. The van der Waals surface area contributed by atoms with Gasteiger partial charge in [-0.05, 0) is 61.4 Å². The number of primary amides is 1. The van der Waals surface area contributed by atoms with Crippen molar-refractivity contribution in [1.82, 2.24) is 29.5 Å². The van der Waals surface area contributed by atoms with E-state index in [0.717, 1.165) is 25.0 Å². The summed E-state index contributed by atoms with van der Waals surface area (Å²) < 4.78 is 28.8. The molecule has 0 bridgehead atoms. The molecular weight excluding hydrogens is 558 g/mol. The molecule has 0 saturated carbocycles. The number of benzene rings is 2. The largest absolute Gasteiger partial charge is 0.364 e. The predicted octanol–water partition coefficient (Wildman–Crippen LogP) is 4.28. The maximum absolute atomic E-state index is 13.0. The van der Waals surface area contributed by atoms with Gasteiger partial charge >= 0.3 is 0 Å². The van der Waals surface area contributed by atoms with Crippen LogP contribution in [-0.4, -0.2) is 41.3 Å².